The second kappa shape index (κ2) is 6.12. The highest BCUT2D eigenvalue weighted by Gasteiger charge is 2.24. The average Bonchev–Trinajstić information content (AvgIpc) is 3.04. The Morgan fingerprint density at radius 1 is 1.68 bits per heavy atom. The van der Waals surface area contributed by atoms with Crippen LogP contribution in [0.2, 0.25) is 0 Å². The van der Waals surface area contributed by atoms with Crippen molar-refractivity contribution in [2.24, 2.45) is 0 Å². The van der Waals surface area contributed by atoms with E-state index in [9.17, 15) is 9.59 Å². The van der Waals surface area contributed by atoms with Crippen LogP contribution in [0.1, 0.15) is 47.0 Å². The molecule has 2 unspecified atom stereocenters. The first-order valence-electron chi connectivity index (χ1n) is 6.22. The number of thiazole rings is 1. The molecule has 2 rings (SSSR count). The summed E-state index contributed by atoms with van der Waals surface area (Å²) in [6, 6.07) is -0.860. The van der Waals surface area contributed by atoms with Gasteiger partial charge in [-0.2, -0.15) is 0 Å². The van der Waals surface area contributed by atoms with Crippen LogP contribution in [0.25, 0.3) is 0 Å². The van der Waals surface area contributed by atoms with Crippen molar-refractivity contribution >= 4 is 23.2 Å². The Hall–Kier alpha value is -1.47. The number of rotatable bonds is 5. The highest BCUT2D eigenvalue weighted by molar-refractivity contribution is 7.13. The maximum Gasteiger partial charge on any atom is 0.326 e. The number of nitrogens with one attached hydrogen (secondary N) is 1. The van der Waals surface area contributed by atoms with Crippen molar-refractivity contribution in [3.8, 4) is 0 Å². The first-order chi connectivity index (χ1) is 9.11. The summed E-state index contributed by atoms with van der Waals surface area (Å²) in [5.74, 6) is -1.42. The monoisotopic (exact) mass is 284 g/mol. The van der Waals surface area contributed by atoms with Gasteiger partial charge >= 0.3 is 5.97 Å². The van der Waals surface area contributed by atoms with Gasteiger partial charge in [0.1, 0.15) is 22.0 Å². The fraction of sp³-hybridized carbons (Fsp3) is 0.583. The predicted molar refractivity (Wildman–Crippen MR) is 69.2 cm³/mol. The lowest BCUT2D eigenvalue weighted by molar-refractivity contribution is -0.139. The molecule has 19 heavy (non-hydrogen) atoms. The fourth-order valence-corrected chi connectivity index (χ4v) is 2.79. The molecule has 0 saturated carbocycles. The smallest absolute Gasteiger partial charge is 0.326 e. The molecule has 7 heteroatoms. The predicted octanol–water partition coefficient (Wildman–Crippen LogP) is 1.59. The standard InChI is InChI=1S/C12H16N2O4S/c1-2-7(12(16)17)14-10(15)9-6-13-11(19-9)8-4-3-5-18-8/h6-8H,2-5H2,1H3,(H,14,15)(H,16,17). The van der Waals surface area contributed by atoms with Crippen LogP contribution in [-0.4, -0.2) is 34.6 Å². The summed E-state index contributed by atoms with van der Waals surface area (Å²) in [7, 11) is 0. The molecule has 1 aliphatic heterocycles. The number of carboxylic acid groups (broad SMARTS) is 1. The number of amides is 1. The molecular weight excluding hydrogens is 268 g/mol. The van der Waals surface area contributed by atoms with Gasteiger partial charge in [-0.1, -0.05) is 6.92 Å². The number of hydrogen-bond acceptors (Lipinski definition) is 5. The van der Waals surface area contributed by atoms with E-state index in [1.165, 1.54) is 17.5 Å². The number of aliphatic carboxylic acids is 1. The fourth-order valence-electron chi connectivity index (χ4n) is 1.88. The summed E-state index contributed by atoms with van der Waals surface area (Å²) in [6.45, 7) is 2.44. The van der Waals surface area contributed by atoms with Gasteiger partial charge < -0.3 is 15.2 Å². The van der Waals surface area contributed by atoms with Crippen LogP contribution in [0.4, 0.5) is 0 Å². The van der Waals surface area contributed by atoms with Gasteiger partial charge in [-0.15, -0.1) is 11.3 Å². The van der Waals surface area contributed by atoms with Crippen molar-refractivity contribution in [3.63, 3.8) is 0 Å². The molecule has 2 N–H and O–H groups in total. The molecule has 1 aromatic rings. The zero-order valence-corrected chi connectivity index (χ0v) is 11.4. The molecule has 0 radical (unpaired) electrons. The topological polar surface area (TPSA) is 88.5 Å². The van der Waals surface area contributed by atoms with Gasteiger partial charge in [0.25, 0.3) is 5.91 Å². The molecule has 1 aromatic heterocycles. The van der Waals surface area contributed by atoms with Crippen LogP contribution >= 0.6 is 11.3 Å². The first-order valence-corrected chi connectivity index (χ1v) is 7.04. The van der Waals surface area contributed by atoms with Crippen LogP contribution in [0.3, 0.4) is 0 Å². The number of carboxylic acids is 1. The SMILES string of the molecule is CCC(NC(=O)c1cnc(C2CCCO2)s1)C(=O)O. The molecule has 1 amide bonds. The number of aromatic nitrogens is 1. The van der Waals surface area contributed by atoms with E-state index in [1.54, 1.807) is 6.92 Å². The zero-order chi connectivity index (χ0) is 13.8. The van der Waals surface area contributed by atoms with Crippen molar-refractivity contribution in [1.82, 2.24) is 10.3 Å². The largest absolute Gasteiger partial charge is 0.480 e. The third-order valence-corrected chi connectivity index (χ3v) is 4.05. The summed E-state index contributed by atoms with van der Waals surface area (Å²) in [6.07, 6.45) is 3.72. The molecule has 1 fully saturated rings. The van der Waals surface area contributed by atoms with E-state index >= 15 is 0 Å². The van der Waals surface area contributed by atoms with Gasteiger partial charge in [0.15, 0.2) is 0 Å². The molecule has 104 valence electrons. The van der Waals surface area contributed by atoms with Crippen molar-refractivity contribution in [2.45, 2.75) is 38.3 Å². The minimum atomic E-state index is -1.03. The second-order valence-corrected chi connectivity index (χ2v) is 5.40. The van der Waals surface area contributed by atoms with Crippen molar-refractivity contribution in [1.29, 1.82) is 0 Å². The minimum Gasteiger partial charge on any atom is -0.480 e. The maximum absolute atomic E-state index is 11.9. The van der Waals surface area contributed by atoms with Crippen LogP contribution in [0.15, 0.2) is 6.20 Å². The van der Waals surface area contributed by atoms with Crippen molar-refractivity contribution in [3.05, 3.63) is 16.1 Å². The number of carbonyl (C=O) groups excluding carboxylic acids is 1. The van der Waals surface area contributed by atoms with E-state index in [0.29, 0.717) is 11.3 Å². The number of nitrogens with zero attached hydrogens (tertiary/aromatic N) is 1. The molecule has 0 aliphatic carbocycles. The summed E-state index contributed by atoms with van der Waals surface area (Å²) in [5, 5.41) is 12.2. The highest BCUT2D eigenvalue weighted by atomic mass is 32.1. The van der Waals surface area contributed by atoms with Crippen LogP contribution < -0.4 is 5.32 Å². The van der Waals surface area contributed by atoms with Gasteiger partial charge in [0.2, 0.25) is 0 Å². The summed E-state index contributed by atoms with van der Waals surface area (Å²) >= 11 is 1.26. The van der Waals surface area contributed by atoms with Crippen LogP contribution in [0.5, 0.6) is 0 Å². The van der Waals surface area contributed by atoms with E-state index in [4.69, 9.17) is 9.84 Å². The van der Waals surface area contributed by atoms with Crippen molar-refractivity contribution in [2.75, 3.05) is 6.61 Å². The van der Waals surface area contributed by atoms with Gasteiger partial charge in [-0.3, -0.25) is 4.79 Å². The number of carbonyl (C=O) groups is 2. The normalized spacial score (nSPS) is 20.2. The lowest BCUT2D eigenvalue weighted by Crippen LogP contribution is -2.39. The molecule has 1 saturated heterocycles. The van der Waals surface area contributed by atoms with E-state index in [2.05, 4.69) is 10.3 Å². The maximum atomic E-state index is 11.9. The quantitative estimate of drug-likeness (QED) is 0.857. The molecule has 0 aromatic carbocycles. The molecule has 1 aliphatic rings. The lowest BCUT2D eigenvalue weighted by Gasteiger charge is -2.10. The van der Waals surface area contributed by atoms with Crippen molar-refractivity contribution < 1.29 is 19.4 Å². The Kier molecular flexibility index (Phi) is 4.49. The van der Waals surface area contributed by atoms with Gasteiger partial charge in [0.05, 0.1) is 6.20 Å². The van der Waals surface area contributed by atoms with E-state index < -0.39 is 17.9 Å². The van der Waals surface area contributed by atoms with E-state index in [0.717, 1.165) is 24.5 Å². The van der Waals surface area contributed by atoms with Gasteiger partial charge in [0, 0.05) is 6.61 Å². The third-order valence-electron chi connectivity index (χ3n) is 2.96. The summed E-state index contributed by atoms with van der Waals surface area (Å²) in [4.78, 5) is 27.4. The average molecular weight is 284 g/mol. The molecule has 2 heterocycles. The van der Waals surface area contributed by atoms with Gasteiger partial charge in [-0.05, 0) is 19.3 Å². The first kappa shape index (κ1) is 14.0. The minimum absolute atomic E-state index is 0.0204. The Morgan fingerprint density at radius 3 is 3.05 bits per heavy atom. The Bertz CT molecular complexity index is 468. The Labute approximate surface area is 114 Å². The molecule has 2 atom stereocenters. The highest BCUT2D eigenvalue weighted by Crippen LogP contribution is 2.31. The van der Waals surface area contributed by atoms with Crippen LogP contribution in [0, 0.1) is 0 Å². The lowest BCUT2D eigenvalue weighted by atomic mass is 10.2. The molecule has 0 bridgehead atoms. The second-order valence-electron chi connectivity index (χ2n) is 4.34. The number of hydrogen-bond donors (Lipinski definition) is 2. The Morgan fingerprint density at radius 2 is 2.47 bits per heavy atom. The summed E-state index contributed by atoms with van der Waals surface area (Å²) in [5.41, 5.74) is 0. The zero-order valence-electron chi connectivity index (χ0n) is 10.6. The van der Waals surface area contributed by atoms with Gasteiger partial charge in [-0.25, -0.2) is 9.78 Å². The van der Waals surface area contributed by atoms with E-state index in [1.807, 2.05) is 0 Å². The molecular formula is C12H16N2O4S. The Balaban J connectivity index is 2.01. The van der Waals surface area contributed by atoms with E-state index in [-0.39, 0.29) is 6.10 Å². The summed E-state index contributed by atoms with van der Waals surface area (Å²) < 4.78 is 5.49. The molecule has 0 spiro atoms. The number of ether oxygens (including phenoxy) is 1. The third kappa shape index (κ3) is 3.30. The molecule has 6 nitrogen and oxygen atoms in total. The van der Waals surface area contributed by atoms with Crippen LogP contribution in [-0.2, 0) is 9.53 Å².